The highest BCUT2D eigenvalue weighted by atomic mass is 15.0. The summed E-state index contributed by atoms with van der Waals surface area (Å²) in [4.78, 5) is 15.0. The molecule has 9 aromatic rings. The van der Waals surface area contributed by atoms with Crippen LogP contribution in [0.5, 0.6) is 0 Å². The lowest BCUT2D eigenvalue weighted by Gasteiger charge is -2.48. The van der Waals surface area contributed by atoms with Crippen LogP contribution >= 0.6 is 0 Å². The van der Waals surface area contributed by atoms with Crippen molar-refractivity contribution in [1.29, 1.82) is 0 Å². The van der Waals surface area contributed by atoms with Crippen molar-refractivity contribution in [1.82, 2.24) is 19.5 Å². The van der Waals surface area contributed by atoms with E-state index in [9.17, 15) is 0 Å². The van der Waals surface area contributed by atoms with E-state index in [-0.39, 0.29) is 10.8 Å². The average Bonchev–Trinajstić information content (AvgIpc) is 3.53. The van der Waals surface area contributed by atoms with Crippen LogP contribution in [-0.4, -0.2) is 19.5 Å². The van der Waals surface area contributed by atoms with Gasteiger partial charge in [-0.05, 0) is 74.2 Å². The largest absolute Gasteiger partial charge is 0.309 e. The zero-order valence-electron chi connectivity index (χ0n) is 30.3. The van der Waals surface area contributed by atoms with Gasteiger partial charge in [-0.15, -0.1) is 0 Å². The van der Waals surface area contributed by atoms with Gasteiger partial charge in [0.1, 0.15) is 0 Å². The fourth-order valence-electron chi connectivity index (χ4n) is 8.49. The van der Waals surface area contributed by atoms with Crippen LogP contribution in [-0.2, 0) is 10.8 Å². The third-order valence-electron chi connectivity index (χ3n) is 12.0. The Morgan fingerprint density at radius 3 is 1.68 bits per heavy atom. The number of hydrogen-bond donors (Lipinski definition) is 0. The van der Waals surface area contributed by atoms with Crippen LogP contribution in [0.4, 0.5) is 0 Å². The summed E-state index contributed by atoms with van der Waals surface area (Å²) in [7, 11) is 0. The van der Waals surface area contributed by atoms with E-state index in [1.54, 1.807) is 0 Å². The molecule has 0 atom stereocenters. The first-order valence-corrected chi connectivity index (χ1v) is 18.4. The van der Waals surface area contributed by atoms with Gasteiger partial charge in [0.2, 0.25) is 0 Å². The van der Waals surface area contributed by atoms with Crippen LogP contribution in [0.25, 0.3) is 83.6 Å². The van der Waals surface area contributed by atoms with Crippen LogP contribution in [0, 0.1) is 0 Å². The van der Waals surface area contributed by atoms with Gasteiger partial charge in [0, 0.05) is 33.2 Å². The lowest BCUT2D eigenvalue weighted by molar-refractivity contribution is 0.299. The first-order chi connectivity index (χ1) is 25.8. The molecular weight excluding hydrogens is 645 g/mol. The quantitative estimate of drug-likeness (QED) is 0.186. The van der Waals surface area contributed by atoms with Crippen molar-refractivity contribution in [3.05, 3.63) is 169 Å². The van der Waals surface area contributed by atoms with Gasteiger partial charge in [0.25, 0.3) is 0 Å². The maximum atomic E-state index is 5.06. The monoisotopic (exact) mass is 682 g/mol. The smallest absolute Gasteiger partial charge is 0.164 e. The summed E-state index contributed by atoms with van der Waals surface area (Å²) in [6, 6.07) is 56.2. The van der Waals surface area contributed by atoms with Gasteiger partial charge >= 0.3 is 0 Å². The summed E-state index contributed by atoms with van der Waals surface area (Å²) >= 11 is 0. The molecule has 10 rings (SSSR count). The van der Waals surface area contributed by atoms with Crippen molar-refractivity contribution < 1.29 is 0 Å². The van der Waals surface area contributed by atoms with Crippen LogP contribution in [0.15, 0.2) is 158 Å². The molecule has 0 fully saturated rings. The Morgan fingerprint density at radius 1 is 0.415 bits per heavy atom. The summed E-state index contributed by atoms with van der Waals surface area (Å²) in [6.07, 6.45) is 0. The lowest BCUT2D eigenvalue weighted by Crippen LogP contribution is -2.43. The van der Waals surface area contributed by atoms with Crippen molar-refractivity contribution in [3.8, 4) is 51.0 Å². The summed E-state index contributed by atoms with van der Waals surface area (Å²) in [5.74, 6) is 1.95. The molecule has 0 N–H and O–H groups in total. The highest BCUT2D eigenvalue weighted by Gasteiger charge is 2.46. The minimum absolute atomic E-state index is 0.0819. The average molecular weight is 683 g/mol. The number of hydrogen-bond acceptors (Lipinski definition) is 3. The van der Waals surface area contributed by atoms with Crippen LogP contribution < -0.4 is 0 Å². The van der Waals surface area contributed by atoms with E-state index < -0.39 is 0 Å². The van der Waals surface area contributed by atoms with E-state index in [1.165, 1.54) is 54.8 Å². The first kappa shape index (κ1) is 31.4. The molecule has 4 heteroatoms. The Labute approximate surface area is 309 Å². The van der Waals surface area contributed by atoms with Gasteiger partial charge < -0.3 is 4.57 Å². The maximum absolute atomic E-state index is 5.06. The van der Waals surface area contributed by atoms with Crippen molar-refractivity contribution in [3.63, 3.8) is 0 Å². The molecule has 0 spiro atoms. The molecule has 0 saturated heterocycles. The number of nitrogens with zero attached hydrogens (tertiary/aromatic N) is 4. The molecule has 0 saturated carbocycles. The first-order valence-electron chi connectivity index (χ1n) is 18.4. The van der Waals surface area contributed by atoms with E-state index in [4.69, 9.17) is 15.0 Å². The number of rotatable bonds is 4. The summed E-state index contributed by atoms with van der Waals surface area (Å²) in [5.41, 5.74) is 11.5. The lowest BCUT2D eigenvalue weighted by atomic mass is 9.55. The second-order valence-electron chi connectivity index (χ2n) is 15.3. The van der Waals surface area contributed by atoms with Gasteiger partial charge in [0.05, 0.1) is 11.0 Å². The van der Waals surface area contributed by atoms with Crippen molar-refractivity contribution >= 4 is 32.6 Å². The fraction of sp³-hybridized carbons (Fsp3) is 0.122. The summed E-state index contributed by atoms with van der Waals surface area (Å²) < 4.78 is 2.42. The van der Waals surface area contributed by atoms with Crippen molar-refractivity contribution in [2.75, 3.05) is 0 Å². The van der Waals surface area contributed by atoms with Gasteiger partial charge in [0.15, 0.2) is 17.5 Å². The molecular formula is C49H38N4. The molecule has 7 aromatic carbocycles. The molecule has 0 amide bonds. The molecule has 1 aliphatic rings. The Hall–Kier alpha value is -6.39. The second kappa shape index (κ2) is 11.6. The third-order valence-corrected chi connectivity index (χ3v) is 12.0. The van der Waals surface area contributed by atoms with Crippen molar-refractivity contribution in [2.45, 2.75) is 38.5 Å². The molecule has 254 valence electrons. The molecule has 0 unspecified atom stereocenters. The van der Waals surface area contributed by atoms with E-state index >= 15 is 0 Å². The van der Waals surface area contributed by atoms with Crippen LogP contribution in [0.3, 0.4) is 0 Å². The molecule has 2 heterocycles. The topological polar surface area (TPSA) is 43.6 Å². The zero-order chi connectivity index (χ0) is 35.9. The SMILES string of the molecule is CC1(C)c2cc3c4ccccc4n(-c4cccc(-c5nc(-c6ccccc6)nc(-c6ccccc6)n5)c4)c3cc2-c2c(ccc3ccccc23)C1(C)C. The number of benzene rings is 7. The van der Waals surface area contributed by atoms with Crippen molar-refractivity contribution in [2.24, 2.45) is 0 Å². The number of para-hydroxylation sites is 1. The Kier molecular flexibility index (Phi) is 6.84. The van der Waals surface area contributed by atoms with Crippen LogP contribution in [0.2, 0.25) is 0 Å². The molecule has 4 nitrogen and oxygen atoms in total. The molecule has 0 aliphatic heterocycles. The third kappa shape index (κ3) is 4.72. The predicted molar refractivity (Wildman–Crippen MR) is 219 cm³/mol. The predicted octanol–water partition coefficient (Wildman–Crippen LogP) is 12.4. The van der Waals surface area contributed by atoms with E-state index in [0.29, 0.717) is 17.5 Å². The molecule has 2 aromatic heterocycles. The van der Waals surface area contributed by atoms with E-state index in [0.717, 1.165) is 22.4 Å². The zero-order valence-corrected chi connectivity index (χ0v) is 30.3. The van der Waals surface area contributed by atoms with Gasteiger partial charge in [-0.1, -0.05) is 155 Å². The minimum atomic E-state index is -0.110. The second-order valence-corrected chi connectivity index (χ2v) is 15.3. The summed E-state index contributed by atoms with van der Waals surface area (Å²) in [5, 5.41) is 5.07. The molecule has 0 bridgehead atoms. The highest BCUT2D eigenvalue weighted by molar-refractivity contribution is 6.12. The minimum Gasteiger partial charge on any atom is -0.309 e. The van der Waals surface area contributed by atoms with Gasteiger partial charge in [-0.2, -0.15) is 0 Å². The van der Waals surface area contributed by atoms with Gasteiger partial charge in [-0.3, -0.25) is 0 Å². The standard InChI is InChI=1S/C49H38N4/c1-48(2)40-27-26-31-16-11-12-23-36(31)44(40)39-30-43-38(29-41(39)49(48,3)4)37-24-13-14-25-42(37)53(43)35-22-15-21-34(28-35)47-51-45(32-17-7-5-8-18-32)50-46(52-47)33-19-9-6-10-20-33/h5-30H,1-4H3. The normalized spacial score (nSPS) is 14.3. The fourth-order valence-corrected chi connectivity index (χ4v) is 8.49. The Bertz CT molecular complexity index is 2820. The van der Waals surface area contributed by atoms with Crippen LogP contribution in [0.1, 0.15) is 38.8 Å². The van der Waals surface area contributed by atoms with E-state index in [1.807, 2.05) is 60.7 Å². The number of fused-ring (bicyclic) bond motifs is 8. The Morgan fingerprint density at radius 2 is 0.981 bits per heavy atom. The van der Waals surface area contributed by atoms with E-state index in [2.05, 4.69) is 129 Å². The maximum Gasteiger partial charge on any atom is 0.164 e. The molecule has 0 radical (unpaired) electrons. The van der Waals surface area contributed by atoms with Gasteiger partial charge in [-0.25, -0.2) is 15.0 Å². The highest BCUT2D eigenvalue weighted by Crippen LogP contribution is 2.56. The summed E-state index contributed by atoms with van der Waals surface area (Å²) in [6.45, 7) is 9.66. The Balaban J connectivity index is 1.23. The molecule has 1 aliphatic carbocycles. The molecule has 53 heavy (non-hydrogen) atoms. The number of aromatic nitrogens is 4.